The number of nitrogens with zero attached hydrogens (tertiary/aromatic N) is 2. The molecule has 0 spiro atoms. The Balaban J connectivity index is 2.10. The molecule has 2 aromatic heterocycles. The number of fused-ring (bicyclic) bond motifs is 1. The zero-order valence-electron chi connectivity index (χ0n) is 10.1. The Labute approximate surface area is 100 Å². The molecule has 0 saturated heterocycles. The standard InChI is InChI=1S/C13H15N3O/c1-8-13(9(2)17-16-8)11-5-10-6-14-4-3-12(10)15-7-11/h5,7,14H,3-4,6H2,1-2H3. The molecule has 4 heteroatoms. The van der Waals surface area contributed by atoms with Crippen molar-refractivity contribution in [3.8, 4) is 11.1 Å². The number of aromatic nitrogens is 2. The zero-order valence-corrected chi connectivity index (χ0v) is 10.1. The molecule has 0 aromatic carbocycles. The Morgan fingerprint density at radius 2 is 2.24 bits per heavy atom. The summed E-state index contributed by atoms with van der Waals surface area (Å²) in [6.45, 7) is 5.82. The second-order valence-corrected chi connectivity index (χ2v) is 4.46. The number of pyridine rings is 1. The van der Waals surface area contributed by atoms with Gasteiger partial charge < -0.3 is 9.84 Å². The van der Waals surface area contributed by atoms with E-state index in [4.69, 9.17) is 4.52 Å². The molecule has 4 nitrogen and oxygen atoms in total. The van der Waals surface area contributed by atoms with Gasteiger partial charge in [0.05, 0.1) is 5.69 Å². The highest BCUT2D eigenvalue weighted by molar-refractivity contribution is 5.67. The lowest BCUT2D eigenvalue weighted by atomic mass is 10.0. The number of nitrogens with one attached hydrogen (secondary N) is 1. The summed E-state index contributed by atoms with van der Waals surface area (Å²) >= 11 is 0. The van der Waals surface area contributed by atoms with Crippen LogP contribution in [0.4, 0.5) is 0 Å². The maximum absolute atomic E-state index is 5.20. The van der Waals surface area contributed by atoms with E-state index in [0.717, 1.165) is 42.1 Å². The van der Waals surface area contributed by atoms with Crippen molar-refractivity contribution in [1.29, 1.82) is 0 Å². The molecular weight excluding hydrogens is 214 g/mol. The van der Waals surface area contributed by atoms with Gasteiger partial charge in [-0.3, -0.25) is 4.98 Å². The maximum Gasteiger partial charge on any atom is 0.141 e. The van der Waals surface area contributed by atoms with Gasteiger partial charge in [0.2, 0.25) is 0 Å². The lowest BCUT2D eigenvalue weighted by Crippen LogP contribution is -2.24. The molecule has 1 N–H and O–H groups in total. The molecule has 0 saturated carbocycles. The second-order valence-electron chi connectivity index (χ2n) is 4.46. The molecule has 2 aromatic rings. The number of hydrogen-bond donors (Lipinski definition) is 1. The number of hydrogen-bond acceptors (Lipinski definition) is 4. The number of aryl methyl sites for hydroxylation is 2. The van der Waals surface area contributed by atoms with E-state index in [0.29, 0.717) is 0 Å². The summed E-state index contributed by atoms with van der Waals surface area (Å²) in [6, 6.07) is 2.20. The van der Waals surface area contributed by atoms with Crippen LogP contribution in [0.3, 0.4) is 0 Å². The van der Waals surface area contributed by atoms with E-state index in [1.165, 1.54) is 11.3 Å². The van der Waals surface area contributed by atoms with Crippen molar-refractivity contribution in [2.75, 3.05) is 6.54 Å². The summed E-state index contributed by atoms with van der Waals surface area (Å²) < 4.78 is 5.20. The summed E-state index contributed by atoms with van der Waals surface area (Å²) in [5, 5.41) is 7.35. The molecule has 0 radical (unpaired) electrons. The Morgan fingerprint density at radius 3 is 3.00 bits per heavy atom. The molecule has 0 bridgehead atoms. The van der Waals surface area contributed by atoms with Crippen LogP contribution in [0, 0.1) is 13.8 Å². The average Bonchev–Trinajstić information content (AvgIpc) is 2.68. The third-order valence-corrected chi connectivity index (χ3v) is 3.24. The van der Waals surface area contributed by atoms with Gasteiger partial charge in [-0.05, 0) is 25.5 Å². The Kier molecular flexibility index (Phi) is 2.44. The topological polar surface area (TPSA) is 51.0 Å². The third kappa shape index (κ3) is 1.74. The van der Waals surface area contributed by atoms with E-state index in [2.05, 4.69) is 21.5 Å². The fourth-order valence-corrected chi connectivity index (χ4v) is 2.38. The fourth-order valence-electron chi connectivity index (χ4n) is 2.38. The van der Waals surface area contributed by atoms with Crippen LogP contribution in [0.1, 0.15) is 22.7 Å². The van der Waals surface area contributed by atoms with Gasteiger partial charge in [0.1, 0.15) is 5.76 Å². The molecule has 88 valence electrons. The van der Waals surface area contributed by atoms with Crippen LogP contribution in [0.25, 0.3) is 11.1 Å². The van der Waals surface area contributed by atoms with Crippen molar-refractivity contribution >= 4 is 0 Å². The molecule has 0 atom stereocenters. The predicted octanol–water partition coefficient (Wildman–Crippen LogP) is 2.00. The predicted molar refractivity (Wildman–Crippen MR) is 64.6 cm³/mol. The Bertz CT molecular complexity index is 540. The van der Waals surface area contributed by atoms with E-state index >= 15 is 0 Å². The fraction of sp³-hybridized carbons (Fsp3) is 0.385. The lowest BCUT2D eigenvalue weighted by molar-refractivity contribution is 0.393. The zero-order chi connectivity index (χ0) is 11.8. The van der Waals surface area contributed by atoms with Crippen LogP contribution in [0.2, 0.25) is 0 Å². The molecule has 3 rings (SSSR count). The van der Waals surface area contributed by atoms with E-state index in [-0.39, 0.29) is 0 Å². The maximum atomic E-state index is 5.20. The minimum absolute atomic E-state index is 0.855. The van der Waals surface area contributed by atoms with Crippen LogP contribution >= 0.6 is 0 Å². The summed E-state index contributed by atoms with van der Waals surface area (Å²) in [4.78, 5) is 4.55. The first-order valence-electron chi connectivity index (χ1n) is 5.87. The molecule has 3 heterocycles. The van der Waals surface area contributed by atoms with Crippen LogP contribution in [0.5, 0.6) is 0 Å². The van der Waals surface area contributed by atoms with E-state index < -0.39 is 0 Å². The molecule has 1 aliphatic rings. The van der Waals surface area contributed by atoms with Gasteiger partial charge in [-0.15, -0.1) is 0 Å². The lowest BCUT2D eigenvalue weighted by Gasteiger charge is -2.16. The van der Waals surface area contributed by atoms with Gasteiger partial charge in [0, 0.05) is 42.5 Å². The molecular formula is C13H15N3O. The van der Waals surface area contributed by atoms with Gasteiger partial charge in [-0.1, -0.05) is 5.16 Å². The van der Waals surface area contributed by atoms with Crippen molar-refractivity contribution < 1.29 is 4.52 Å². The first-order valence-corrected chi connectivity index (χ1v) is 5.87. The monoisotopic (exact) mass is 229 g/mol. The van der Waals surface area contributed by atoms with E-state index in [1.807, 2.05) is 20.0 Å². The minimum atomic E-state index is 0.855. The van der Waals surface area contributed by atoms with Crippen molar-refractivity contribution in [1.82, 2.24) is 15.5 Å². The second kappa shape index (κ2) is 3.96. The summed E-state index contributed by atoms with van der Waals surface area (Å²) in [5.74, 6) is 0.855. The Hall–Kier alpha value is -1.68. The first-order chi connectivity index (χ1) is 8.25. The van der Waals surface area contributed by atoms with Gasteiger partial charge >= 0.3 is 0 Å². The van der Waals surface area contributed by atoms with Crippen LogP contribution in [0.15, 0.2) is 16.8 Å². The van der Waals surface area contributed by atoms with Gasteiger partial charge in [0.25, 0.3) is 0 Å². The summed E-state index contributed by atoms with van der Waals surface area (Å²) in [5.41, 5.74) is 5.59. The average molecular weight is 229 g/mol. The van der Waals surface area contributed by atoms with Crippen LogP contribution in [-0.4, -0.2) is 16.7 Å². The largest absolute Gasteiger partial charge is 0.361 e. The van der Waals surface area contributed by atoms with Crippen molar-refractivity contribution in [2.45, 2.75) is 26.8 Å². The molecule has 0 unspecified atom stereocenters. The summed E-state index contributed by atoms with van der Waals surface area (Å²) in [6.07, 6.45) is 2.94. The minimum Gasteiger partial charge on any atom is -0.361 e. The molecule has 0 amide bonds. The molecule has 17 heavy (non-hydrogen) atoms. The van der Waals surface area contributed by atoms with Gasteiger partial charge in [-0.25, -0.2) is 0 Å². The van der Waals surface area contributed by atoms with Crippen LogP contribution in [-0.2, 0) is 13.0 Å². The highest BCUT2D eigenvalue weighted by atomic mass is 16.5. The van der Waals surface area contributed by atoms with Crippen molar-refractivity contribution in [3.63, 3.8) is 0 Å². The third-order valence-electron chi connectivity index (χ3n) is 3.24. The smallest absolute Gasteiger partial charge is 0.141 e. The number of rotatable bonds is 1. The first kappa shape index (κ1) is 10.5. The van der Waals surface area contributed by atoms with Gasteiger partial charge in [-0.2, -0.15) is 0 Å². The normalized spacial score (nSPS) is 14.7. The van der Waals surface area contributed by atoms with Crippen LogP contribution < -0.4 is 5.32 Å². The van der Waals surface area contributed by atoms with Crippen molar-refractivity contribution in [2.24, 2.45) is 0 Å². The summed E-state index contributed by atoms with van der Waals surface area (Å²) in [7, 11) is 0. The Morgan fingerprint density at radius 1 is 1.35 bits per heavy atom. The molecule has 0 aliphatic carbocycles. The molecule has 0 fully saturated rings. The van der Waals surface area contributed by atoms with Crippen molar-refractivity contribution in [3.05, 3.63) is 35.0 Å². The molecule has 1 aliphatic heterocycles. The van der Waals surface area contributed by atoms with E-state index in [1.54, 1.807) is 0 Å². The quantitative estimate of drug-likeness (QED) is 0.812. The van der Waals surface area contributed by atoms with E-state index in [9.17, 15) is 0 Å². The highest BCUT2D eigenvalue weighted by Gasteiger charge is 2.15. The highest BCUT2D eigenvalue weighted by Crippen LogP contribution is 2.28. The SMILES string of the molecule is Cc1noc(C)c1-c1cnc2c(c1)CNCC2. The van der Waals surface area contributed by atoms with Gasteiger partial charge in [0.15, 0.2) is 0 Å².